The molecule has 0 atom stereocenters. The fourth-order valence-electron chi connectivity index (χ4n) is 3.17. The van der Waals surface area contributed by atoms with E-state index >= 15 is 0 Å². The average molecular weight is 510 g/mol. The summed E-state index contributed by atoms with van der Waals surface area (Å²) in [6.45, 7) is 0. The number of carbonyl (C=O) groups is 1. The Labute approximate surface area is 201 Å². The first-order chi connectivity index (χ1) is 15.6. The first kappa shape index (κ1) is 24.8. The summed E-state index contributed by atoms with van der Waals surface area (Å²) in [7, 11) is 0. The molecular weight excluding hydrogens is 494 g/mol. The van der Waals surface area contributed by atoms with Crippen LogP contribution in [0, 0.1) is 5.41 Å². The highest BCUT2D eigenvalue weighted by Gasteiger charge is 2.33. The Hall–Kier alpha value is -3.83. The zero-order valence-electron chi connectivity index (χ0n) is 17.0. The van der Waals surface area contributed by atoms with Crippen LogP contribution in [0.3, 0.4) is 0 Å². The number of nitrogen functional groups attached to an aromatic ring is 1. The molecule has 2 heterocycles. The zero-order valence-corrected chi connectivity index (χ0v) is 18.6. The first-order valence-electron chi connectivity index (χ1n) is 9.35. The van der Waals surface area contributed by atoms with Gasteiger partial charge in [0.25, 0.3) is 0 Å². The number of alkyl halides is 3. The van der Waals surface area contributed by atoms with Crippen LogP contribution in [0.1, 0.15) is 11.3 Å². The summed E-state index contributed by atoms with van der Waals surface area (Å²) < 4.78 is 40.7. The number of nitrogens with zero attached hydrogens (tertiary/aromatic N) is 3. The van der Waals surface area contributed by atoms with Crippen molar-refractivity contribution < 1.29 is 18.0 Å². The largest absolute Gasteiger partial charge is 0.417 e. The topological polar surface area (TPSA) is 122 Å². The van der Waals surface area contributed by atoms with Crippen LogP contribution < -0.4 is 16.4 Å². The minimum absolute atomic E-state index is 0. The normalized spacial score (nSPS) is 11.1. The number of hydrogen-bond donors (Lipinski definition) is 4. The van der Waals surface area contributed by atoms with Crippen molar-refractivity contribution in [1.29, 1.82) is 5.41 Å². The number of hydrogen-bond acceptors (Lipinski definition) is 4. The monoisotopic (exact) mass is 509 g/mol. The van der Waals surface area contributed by atoms with Crippen molar-refractivity contribution in [3.63, 3.8) is 0 Å². The number of rotatable bonds is 4. The van der Waals surface area contributed by atoms with Gasteiger partial charge in [0, 0.05) is 23.3 Å². The Kier molecular flexibility index (Phi) is 6.99. The lowest BCUT2D eigenvalue weighted by Gasteiger charge is -2.12. The van der Waals surface area contributed by atoms with Crippen LogP contribution in [0.5, 0.6) is 0 Å². The second-order valence-corrected chi connectivity index (χ2v) is 7.28. The van der Waals surface area contributed by atoms with Crippen molar-refractivity contribution in [2.75, 3.05) is 10.6 Å². The number of benzene rings is 2. The number of halogens is 5. The zero-order chi connectivity index (χ0) is 23.8. The minimum atomic E-state index is -4.64. The SMILES string of the molecule is Cl.N=C(N)c1nccc2c1ncn2-c1ccc(NC(=O)Nc2ccc(Cl)c(C(F)(F)F)c2)cc1. The van der Waals surface area contributed by atoms with E-state index in [-0.39, 0.29) is 29.6 Å². The molecule has 0 spiro atoms. The summed E-state index contributed by atoms with van der Waals surface area (Å²) in [6, 6.07) is 10.8. The Morgan fingerprint density at radius 3 is 2.32 bits per heavy atom. The number of nitrogens with two attached hydrogens (primary N) is 1. The summed E-state index contributed by atoms with van der Waals surface area (Å²) in [5.41, 5.74) is 7.03. The van der Waals surface area contributed by atoms with Gasteiger partial charge in [0.15, 0.2) is 0 Å². The third kappa shape index (κ3) is 5.05. The molecule has 0 unspecified atom stereocenters. The summed E-state index contributed by atoms with van der Waals surface area (Å²) in [4.78, 5) is 20.6. The third-order valence-electron chi connectivity index (χ3n) is 4.65. The van der Waals surface area contributed by atoms with Gasteiger partial charge >= 0.3 is 12.2 Å². The third-order valence-corrected chi connectivity index (χ3v) is 4.98. The number of fused-ring (bicyclic) bond motifs is 1. The second-order valence-electron chi connectivity index (χ2n) is 6.87. The quantitative estimate of drug-likeness (QED) is 0.216. The van der Waals surface area contributed by atoms with E-state index in [9.17, 15) is 18.0 Å². The molecule has 2 aromatic heterocycles. The highest BCUT2D eigenvalue weighted by atomic mass is 35.5. The number of carbonyl (C=O) groups excluding carboxylic acids is 1. The Morgan fingerprint density at radius 1 is 1.03 bits per heavy atom. The summed E-state index contributed by atoms with van der Waals surface area (Å²) in [6.07, 6.45) is -1.55. The molecule has 8 nitrogen and oxygen atoms in total. The van der Waals surface area contributed by atoms with Gasteiger partial charge in [-0.2, -0.15) is 13.2 Å². The lowest BCUT2D eigenvalue weighted by Crippen LogP contribution is -2.20. The highest BCUT2D eigenvalue weighted by Crippen LogP contribution is 2.36. The average Bonchev–Trinajstić information content (AvgIpc) is 3.19. The molecule has 0 aliphatic heterocycles. The molecule has 0 radical (unpaired) electrons. The fourth-order valence-corrected chi connectivity index (χ4v) is 3.39. The first-order valence-corrected chi connectivity index (χ1v) is 9.73. The van der Waals surface area contributed by atoms with E-state index in [1.54, 1.807) is 41.2 Å². The van der Waals surface area contributed by atoms with Crippen LogP contribution >= 0.6 is 24.0 Å². The molecule has 176 valence electrons. The summed E-state index contributed by atoms with van der Waals surface area (Å²) in [5, 5.41) is 12.1. The molecule has 34 heavy (non-hydrogen) atoms. The van der Waals surface area contributed by atoms with Crippen LogP contribution in [0.2, 0.25) is 5.02 Å². The number of aromatic nitrogens is 3. The molecule has 2 amide bonds. The van der Waals surface area contributed by atoms with Crippen LogP contribution in [-0.4, -0.2) is 26.4 Å². The van der Waals surface area contributed by atoms with E-state index < -0.39 is 22.8 Å². The van der Waals surface area contributed by atoms with Gasteiger partial charge in [-0.3, -0.25) is 15.0 Å². The van der Waals surface area contributed by atoms with Gasteiger partial charge in [0.2, 0.25) is 0 Å². The van der Waals surface area contributed by atoms with Crippen LogP contribution in [0.25, 0.3) is 16.7 Å². The number of imidazole rings is 1. The smallest absolute Gasteiger partial charge is 0.382 e. The van der Waals surface area contributed by atoms with Gasteiger partial charge in [-0.15, -0.1) is 12.4 Å². The van der Waals surface area contributed by atoms with Crippen LogP contribution in [0.4, 0.5) is 29.3 Å². The maximum absolute atomic E-state index is 13.0. The number of amides is 2. The Bertz CT molecular complexity index is 1370. The predicted octanol–water partition coefficient (Wildman–Crippen LogP) is 5.44. The van der Waals surface area contributed by atoms with Crippen LogP contribution in [-0.2, 0) is 6.18 Å². The van der Waals surface area contributed by atoms with Crippen LogP contribution in [0.15, 0.2) is 61.1 Å². The maximum Gasteiger partial charge on any atom is 0.417 e. The van der Waals surface area contributed by atoms with Crippen molar-refractivity contribution in [3.8, 4) is 5.69 Å². The number of amidine groups is 1. The molecule has 4 aromatic rings. The molecule has 2 aromatic carbocycles. The van der Waals surface area contributed by atoms with Crippen molar-refractivity contribution >= 4 is 58.3 Å². The Morgan fingerprint density at radius 2 is 1.68 bits per heavy atom. The Balaban J connectivity index is 0.00000324. The number of anilines is 2. The summed E-state index contributed by atoms with van der Waals surface area (Å²) in [5.74, 6) is -0.195. The van der Waals surface area contributed by atoms with Gasteiger partial charge in [0.05, 0.1) is 16.1 Å². The molecule has 13 heteroatoms. The number of nitrogens with one attached hydrogen (secondary N) is 3. The standard InChI is InChI=1S/C21H15ClF3N7O.ClH/c22-15-6-3-12(9-14(15)21(23,24)25)31-20(33)30-11-1-4-13(5-2-11)32-10-29-17-16(32)7-8-28-18(17)19(26)27;/h1-10H,(H3,26,27)(H2,30,31,33);1H. The highest BCUT2D eigenvalue weighted by molar-refractivity contribution is 6.31. The van der Waals surface area contributed by atoms with E-state index in [1.165, 1.54) is 12.3 Å². The minimum Gasteiger partial charge on any atom is -0.382 e. The molecule has 0 bridgehead atoms. The van der Waals surface area contributed by atoms with Gasteiger partial charge in [-0.05, 0) is 48.5 Å². The molecular formula is C21H16Cl2F3N7O. The molecule has 0 saturated heterocycles. The van der Waals surface area contributed by atoms with Crippen molar-refractivity contribution in [2.45, 2.75) is 6.18 Å². The molecule has 5 N–H and O–H groups in total. The van der Waals surface area contributed by atoms with E-state index in [1.807, 2.05) is 0 Å². The molecule has 0 saturated carbocycles. The number of urea groups is 1. The van der Waals surface area contributed by atoms with Gasteiger partial charge in [0.1, 0.15) is 23.4 Å². The molecule has 0 fully saturated rings. The van der Waals surface area contributed by atoms with Crippen molar-refractivity contribution in [3.05, 3.63) is 77.3 Å². The summed E-state index contributed by atoms with van der Waals surface area (Å²) >= 11 is 5.59. The van der Waals surface area contributed by atoms with Crippen molar-refractivity contribution in [2.24, 2.45) is 5.73 Å². The van der Waals surface area contributed by atoms with E-state index in [0.717, 1.165) is 17.8 Å². The van der Waals surface area contributed by atoms with E-state index in [0.29, 0.717) is 16.7 Å². The lowest BCUT2D eigenvalue weighted by atomic mass is 10.2. The molecule has 4 rings (SSSR count). The van der Waals surface area contributed by atoms with Gasteiger partial charge in [-0.1, -0.05) is 11.6 Å². The molecule has 0 aliphatic rings. The van der Waals surface area contributed by atoms with E-state index in [4.69, 9.17) is 22.7 Å². The lowest BCUT2D eigenvalue weighted by molar-refractivity contribution is -0.137. The van der Waals surface area contributed by atoms with Gasteiger partial charge in [-0.25, -0.2) is 9.78 Å². The second kappa shape index (κ2) is 9.57. The molecule has 0 aliphatic carbocycles. The fraction of sp³-hybridized carbons (Fsp3) is 0.0476. The predicted molar refractivity (Wildman–Crippen MR) is 126 cm³/mol. The van der Waals surface area contributed by atoms with Crippen molar-refractivity contribution in [1.82, 2.24) is 14.5 Å². The van der Waals surface area contributed by atoms with E-state index in [2.05, 4.69) is 20.6 Å². The maximum atomic E-state index is 13.0. The number of pyridine rings is 1. The van der Waals surface area contributed by atoms with Gasteiger partial charge < -0.3 is 16.4 Å².